The molecule has 4 heteroatoms. The van der Waals surface area contributed by atoms with Crippen molar-refractivity contribution in [1.29, 1.82) is 0 Å². The Morgan fingerprint density at radius 3 is 2.22 bits per heavy atom. The second kappa shape index (κ2) is 8.28. The predicted molar refractivity (Wildman–Crippen MR) is 77.0 cm³/mol. The van der Waals surface area contributed by atoms with Crippen LogP contribution < -0.4 is 11.5 Å². The fraction of sp³-hybridized carbons (Fsp3) is 0.429. The van der Waals surface area contributed by atoms with Crippen LogP contribution in [0.1, 0.15) is 40.5 Å². The summed E-state index contributed by atoms with van der Waals surface area (Å²) >= 11 is 0. The van der Waals surface area contributed by atoms with Crippen LogP contribution in [-0.4, -0.2) is 11.7 Å². The van der Waals surface area contributed by atoms with E-state index in [-0.39, 0.29) is 0 Å². The number of nitrogens with two attached hydrogens (primary N) is 2. The number of hydrogen-bond acceptors (Lipinski definition) is 2. The highest BCUT2D eigenvalue weighted by Gasteiger charge is 2.08. The normalized spacial score (nSPS) is 14.9. The van der Waals surface area contributed by atoms with E-state index in [0.717, 1.165) is 18.4 Å². The van der Waals surface area contributed by atoms with Gasteiger partial charge in [0.05, 0.1) is 5.84 Å². The van der Waals surface area contributed by atoms with Crippen molar-refractivity contribution in [1.82, 2.24) is 0 Å². The molecule has 0 aliphatic rings. The first-order chi connectivity index (χ1) is 8.42. The van der Waals surface area contributed by atoms with Crippen molar-refractivity contribution in [3.05, 3.63) is 35.1 Å². The lowest BCUT2D eigenvalue weighted by Crippen LogP contribution is -2.15. The molecule has 18 heavy (non-hydrogen) atoms. The standard InChI is InChI=1S/C14H23N3O/c1-5-7-13(14(16)18)12(8-10(3)6-2)9-17-11(4)15/h7-9H,5-6H2,1-4H3,(H2,15,17)(H2,16,18)/b10-8+,12-9+,13-7+. The van der Waals surface area contributed by atoms with Gasteiger partial charge in [0.15, 0.2) is 0 Å². The van der Waals surface area contributed by atoms with E-state index in [4.69, 9.17) is 11.5 Å². The number of primary amides is 1. The number of carbonyl (C=O) groups excluding carboxylic acids is 1. The Morgan fingerprint density at radius 2 is 1.83 bits per heavy atom. The molecule has 0 spiro atoms. The van der Waals surface area contributed by atoms with E-state index in [2.05, 4.69) is 4.99 Å². The lowest BCUT2D eigenvalue weighted by atomic mass is 10.0. The number of carbonyl (C=O) groups is 1. The molecule has 0 heterocycles. The van der Waals surface area contributed by atoms with Gasteiger partial charge in [-0.3, -0.25) is 4.79 Å². The molecule has 0 fully saturated rings. The summed E-state index contributed by atoms with van der Waals surface area (Å²) in [5.41, 5.74) is 13.2. The highest BCUT2D eigenvalue weighted by Crippen LogP contribution is 2.16. The summed E-state index contributed by atoms with van der Waals surface area (Å²) in [4.78, 5) is 15.5. The molecule has 4 nitrogen and oxygen atoms in total. The lowest BCUT2D eigenvalue weighted by molar-refractivity contribution is -0.114. The highest BCUT2D eigenvalue weighted by atomic mass is 16.1. The molecule has 0 aliphatic heterocycles. The summed E-state index contributed by atoms with van der Waals surface area (Å²) in [5.74, 6) is -0.0107. The van der Waals surface area contributed by atoms with Crippen LogP contribution in [0.5, 0.6) is 0 Å². The predicted octanol–water partition coefficient (Wildman–Crippen LogP) is 2.43. The van der Waals surface area contributed by atoms with E-state index in [1.807, 2.05) is 26.8 Å². The fourth-order valence-electron chi connectivity index (χ4n) is 1.29. The van der Waals surface area contributed by atoms with Gasteiger partial charge in [0.2, 0.25) is 5.91 Å². The zero-order chi connectivity index (χ0) is 14.1. The second-order valence-electron chi connectivity index (χ2n) is 4.09. The maximum Gasteiger partial charge on any atom is 0.249 e. The van der Waals surface area contributed by atoms with E-state index >= 15 is 0 Å². The molecule has 0 radical (unpaired) electrons. The Balaban J connectivity index is 5.59. The quantitative estimate of drug-likeness (QED) is 0.328. The molecule has 0 unspecified atom stereocenters. The Morgan fingerprint density at radius 1 is 1.22 bits per heavy atom. The molecule has 0 aromatic carbocycles. The van der Waals surface area contributed by atoms with Gasteiger partial charge in [-0.05, 0) is 26.7 Å². The van der Waals surface area contributed by atoms with Gasteiger partial charge in [0.1, 0.15) is 0 Å². The molecule has 100 valence electrons. The molecule has 0 rings (SSSR count). The summed E-state index contributed by atoms with van der Waals surface area (Å²) in [6.45, 7) is 7.69. The smallest absolute Gasteiger partial charge is 0.249 e. The minimum absolute atomic E-state index is 0.440. The Bertz CT molecular complexity index is 411. The first-order valence-corrected chi connectivity index (χ1v) is 6.09. The largest absolute Gasteiger partial charge is 0.387 e. The van der Waals surface area contributed by atoms with Gasteiger partial charge in [0, 0.05) is 17.3 Å². The van der Waals surface area contributed by atoms with E-state index in [1.54, 1.807) is 19.2 Å². The van der Waals surface area contributed by atoms with Crippen LogP contribution in [0.15, 0.2) is 40.1 Å². The van der Waals surface area contributed by atoms with Crippen molar-refractivity contribution in [2.24, 2.45) is 16.5 Å². The third kappa shape index (κ3) is 6.03. The minimum Gasteiger partial charge on any atom is -0.387 e. The SMILES string of the molecule is CC/C=C(/C(N)=O)C(=C/N=C(\C)N)/C=C(\C)CC. The maximum absolute atomic E-state index is 11.4. The number of aliphatic imine (C=N–C) groups is 1. The molecular weight excluding hydrogens is 226 g/mol. The maximum atomic E-state index is 11.4. The van der Waals surface area contributed by atoms with Gasteiger partial charge in [-0.1, -0.05) is 31.6 Å². The fourth-order valence-corrected chi connectivity index (χ4v) is 1.29. The first kappa shape index (κ1) is 16.2. The summed E-state index contributed by atoms with van der Waals surface area (Å²) in [6.07, 6.45) is 6.94. The highest BCUT2D eigenvalue weighted by molar-refractivity contribution is 5.97. The van der Waals surface area contributed by atoms with Crippen molar-refractivity contribution in [2.75, 3.05) is 0 Å². The number of rotatable bonds is 6. The van der Waals surface area contributed by atoms with Crippen LogP contribution in [0, 0.1) is 0 Å². The summed E-state index contributed by atoms with van der Waals surface area (Å²) in [5, 5.41) is 0. The van der Waals surface area contributed by atoms with Crippen molar-refractivity contribution in [3.63, 3.8) is 0 Å². The number of allylic oxidation sites excluding steroid dienone is 3. The number of hydrogen-bond donors (Lipinski definition) is 2. The molecule has 0 saturated carbocycles. The average molecular weight is 249 g/mol. The van der Waals surface area contributed by atoms with Crippen LogP contribution in [0.2, 0.25) is 0 Å². The van der Waals surface area contributed by atoms with Gasteiger partial charge < -0.3 is 11.5 Å². The van der Waals surface area contributed by atoms with E-state index in [0.29, 0.717) is 17.0 Å². The van der Waals surface area contributed by atoms with Crippen molar-refractivity contribution in [3.8, 4) is 0 Å². The first-order valence-electron chi connectivity index (χ1n) is 6.09. The average Bonchev–Trinajstić information content (AvgIpc) is 2.30. The number of amides is 1. The van der Waals surface area contributed by atoms with Gasteiger partial charge in [0.25, 0.3) is 0 Å². The zero-order valence-corrected chi connectivity index (χ0v) is 11.7. The summed E-state index contributed by atoms with van der Waals surface area (Å²) in [6, 6.07) is 0. The van der Waals surface area contributed by atoms with E-state index in [9.17, 15) is 4.79 Å². The van der Waals surface area contributed by atoms with Crippen LogP contribution in [0.25, 0.3) is 0 Å². The van der Waals surface area contributed by atoms with Gasteiger partial charge in [-0.2, -0.15) is 0 Å². The van der Waals surface area contributed by atoms with Crippen LogP contribution in [0.4, 0.5) is 0 Å². The van der Waals surface area contributed by atoms with Gasteiger partial charge in [-0.25, -0.2) is 4.99 Å². The van der Waals surface area contributed by atoms with E-state index in [1.165, 1.54) is 0 Å². The summed E-state index contributed by atoms with van der Waals surface area (Å²) < 4.78 is 0. The summed E-state index contributed by atoms with van der Waals surface area (Å²) in [7, 11) is 0. The Hall–Kier alpha value is -1.84. The molecule has 0 aromatic heterocycles. The molecule has 0 atom stereocenters. The Kier molecular flexibility index (Phi) is 7.43. The van der Waals surface area contributed by atoms with E-state index < -0.39 is 5.91 Å². The molecule has 0 bridgehead atoms. The monoisotopic (exact) mass is 249 g/mol. The molecule has 0 aliphatic carbocycles. The zero-order valence-electron chi connectivity index (χ0n) is 11.7. The number of nitrogens with zero attached hydrogens (tertiary/aromatic N) is 1. The molecular formula is C14H23N3O. The van der Waals surface area contributed by atoms with Crippen LogP contribution in [-0.2, 0) is 4.79 Å². The van der Waals surface area contributed by atoms with Crippen molar-refractivity contribution in [2.45, 2.75) is 40.5 Å². The lowest BCUT2D eigenvalue weighted by Gasteiger charge is -2.05. The molecule has 1 amide bonds. The van der Waals surface area contributed by atoms with Crippen LogP contribution in [0.3, 0.4) is 0 Å². The van der Waals surface area contributed by atoms with Gasteiger partial charge >= 0.3 is 0 Å². The molecule has 0 saturated heterocycles. The van der Waals surface area contributed by atoms with Crippen molar-refractivity contribution >= 4 is 11.7 Å². The second-order valence-corrected chi connectivity index (χ2v) is 4.09. The third-order valence-corrected chi connectivity index (χ3v) is 2.35. The van der Waals surface area contributed by atoms with Gasteiger partial charge in [-0.15, -0.1) is 0 Å². The number of amidine groups is 1. The minimum atomic E-state index is -0.451. The Labute approximate surface area is 109 Å². The van der Waals surface area contributed by atoms with Crippen molar-refractivity contribution < 1.29 is 4.79 Å². The topological polar surface area (TPSA) is 81.5 Å². The third-order valence-electron chi connectivity index (χ3n) is 2.35. The molecule has 0 aromatic rings. The van der Waals surface area contributed by atoms with Crippen LogP contribution >= 0.6 is 0 Å². The molecule has 4 N–H and O–H groups in total.